The number of anilines is 2. The Kier molecular flexibility index (Phi) is 6.42. The first kappa shape index (κ1) is 22.6. The van der Waals surface area contributed by atoms with E-state index in [1.54, 1.807) is 0 Å². The Morgan fingerprint density at radius 2 is 1.75 bits per heavy atom. The number of hydrogen-bond donors (Lipinski definition) is 1. The van der Waals surface area contributed by atoms with Crippen LogP contribution < -0.4 is 10.2 Å². The second-order valence-corrected chi connectivity index (χ2v) is 9.85. The molecule has 2 fully saturated rings. The molecule has 1 N–H and O–H groups in total. The number of likely N-dealkylation sites (tertiary alicyclic amines) is 1. The minimum absolute atomic E-state index is 0.0559. The third-order valence-corrected chi connectivity index (χ3v) is 7.65. The van der Waals surface area contributed by atoms with E-state index in [1.165, 1.54) is 24.2 Å². The maximum Gasteiger partial charge on any atom is 0.321 e. The second-order valence-electron chi connectivity index (χ2n) is 9.85. The summed E-state index contributed by atoms with van der Waals surface area (Å²) in [6, 6.07) is 15.5. The molecule has 2 aliphatic rings. The molecule has 2 heterocycles. The summed E-state index contributed by atoms with van der Waals surface area (Å²) in [5.74, 6) is 0.0599. The zero-order valence-corrected chi connectivity index (χ0v) is 19.6. The summed E-state index contributed by atoms with van der Waals surface area (Å²) in [6.45, 7) is 7.86. The van der Waals surface area contributed by atoms with Gasteiger partial charge in [-0.2, -0.15) is 0 Å². The SMILES string of the molecule is CC1CN(C(=O)Nc2ccc(N3CCC(N(C)C)C3)cc2)CCC1(C)c1ccc(F)cc1. The fourth-order valence-electron chi connectivity index (χ4n) is 5.04. The van der Waals surface area contributed by atoms with Crippen LogP contribution in [0.3, 0.4) is 0 Å². The van der Waals surface area contributed by atoms with Crippen LogP contribution in [0.2, 0.25) is 0 Å². The van der Waals surface area contributed by atoms with Crippen molar-refractivity contribution in [3.63, 3.8) is 0 Å². The molecular weight excluding hydrogens is 403 g/mol. The summed E-state index contributed by atoms with van der Waals surface area (Å²) in [5.41, 5.74) is 3.10. The van der Waals surface area contributed by atoms with Gasteiger partial charge in [-0.15, -0.1) is 0 Å². The zero-order valence-electron chi connectivity index (χ0n) is 19.6. The van der Waals surface area contributed by atoms with Crippen LogP contribution in [0.15, 0.2) is 48.5 Å². The number of amides is 2. The average molecular weight is 439 g/mol. The van der Waals surface area contributed by atoms with Crippen LogP contribution in [0.5, 0.6) is 0 Å². The van der Waals surface area contributed by atoms with E-state index in [0.717, 1.165) is 30.8 Å². The van der Waals surface area contributed by atoms with Crippen LogP contribution in [-0.4, -0.2) is 62.1 Å². The highest BCUT2D eigenvalue weighted by molar-refractivity contribution is 5.89. The first-order valence-electron chi connectivity index (χ1n) is 11.6. The molecular formula is C26H35FN4O. The van der Waals surface area contributed by atoms with Gasteiger partial charge in [0, 0.05) is 43.6 Å². The lowest BCUT2D eigenvalue weighted by molar-refractivity contribution is 0.131. The Bertz CT molecular complexity index is 930. The van der Waals surface area contributed by atoms with Crippen molar-refractivity contribution in [1.82, 2.24) is 9.80 Å². The fraction of sp³-hybridized carbons (Fsp3) is 0.500. The lowest BCUT2D eigenvalue weighted by atomic mass is 9.68. The van der Waals surface area contributed by atoms with E-state index in [2.05, 4.69) is 55.2 Å². The Morgan fingerprint density at radius 1 is 1.06 bits per heavy atom. The molecule has 0 aromatic heterocycles. The molecule has 2 aliphatic heterocycles. The molecule has 6 heteroatoms. The van der Waals surface area contributed by atoms with Crippen LogP contribution in [0.25, 0.3) is 0 Å². The molecule has 2 aromatic rings. The number of benzene rings is 2. The van der Waals surface area contributed by atoms with Crippen molar-refractivity contribution in [2.75, 3.05) is 50.5 Å². The van der Waals surface area contributed by atoms with Crippen molar-refractivity contribution in [1.29, 1.82) is 0 Å². The van der Waals surface area contributed by atoms with E-state index in [0.29, 0.717) is 19.1 Å². The zero-order chi connectivity index (χ0) is 22.9. The Labute approximate surface area is 191 Å². The van der Waals surface area contributed by atoms with Crippen molar-refractivity contribution < 1.29 is 9.18 Å². The summed E-state index contributed by atoms with van der Waals surface area (Å²) < 4.78 is 13.3. The first-order chi connectivity index (χ1) is 15.3. The van der Waals surface area contributed by atoms with Gasteiger partial charge < -0.3 is 20.0 Å². The number of piperidine rings is 1. The highest BCUT2D eigenvalue weighted by atomic mass is 19.1. The van der Waals surface area contributed by atoms with Gasteiger partial charge in [0.15, 0.2) is 0 Å². The summed E-state index contributed by atoms with van der Waals surface area (Å²) >= 11 is 0. The minimum Gasteiger partial charge on any atom is -0.370 e. The molecule has 2 aromatic carbocycles. The maximum atomic E-state index is 13.3. The Balaban J connectivity index is 1.34. The van der Waals surface area contributed by atoms with Gasteiger partial charge in [-0.05, 0) is 80.2 Å². The molecule has 3 unspecified atom stereocenters. The molecule has 2 amide bonds. The molecule has 4 rings (SSSR count). The van der Waals surface area contributed by atoms with E-state index in [1.807, 2.05) is 29.2 Å². The molecule has 0 radical (unpaired) electrons. The summed E-state index contributed by atoms with van der Waals surface area (Å²) in [5, 5.41) is 3.06. The van der Waals surface area contributed by atoms with Gasteiger partial charge in [-0.1, -0.05) is 26.0 Å². The average Bonchev–Trinajstić information content (AvgIpc) is 3.27. The van der Waals surface area contributed by atoms with Gasteiger partial charge in [0.2, 0.25) is 0 Å². The molecule has 2 saturated heterocycles. The van der Waals surface area contributed by atoms with Crippen LogP contribution in [0.4, 0.5) is 20.6 Å². The van der Waals surface area contributed by atoms with Crippen LogP contribution in [0, 0.1) is 11.7 Å². The lowest BCUT2D eigenvalue weighted by Gasteiger charge is -2.45. The Morgan fingerprint density at radius 3 is 2.34 bits per heavy atom. The van der Waals surface area contributed by atoms with Crippen LogP contribution in [-0.2, 0) is 5.41 Å². The molecule has 172 valence electrons. The Hall–Kier alpha value is -2.60. The summed E-state index contributed by atoms with van der Waals surface area (Å²) in [4.78, 5) is 19.5. The minimum atomic E-state index is -0.213. The van der Waals surface area contributed by atoms with Crippen LogP contribution in [0.1, 0.15) is 32.3 Å². The predicted octanol–water partition coefficient (Wildman–Crippen LogP) is 4.80. The molecule has 0 spiro atoms. The number of halogens is 1. The largest absolute Gasteiger partial charge is 0.370 e. The van der Waals surface area contributed by atoms with Gasteiger partial charge in [-0.25, -0.2) is 9.18 Å². The van der Waals surface area contributed by atoms with Gasteiger partial charge in [0.05, 0.1) is 0 Å². The maximum absolute atomic E-state index is 13.3. The van der Waals surface area contributed by atoms with E-state index in [-0.39, 0.29) is 23.2 Å². The van der Waals surface area contributed by atoms with E-state index in [4.69, 9.17) is 0 Å². The number of nitrogens with zero attached hydrogens (tertiary/aromatic N) is 3. The quantitative estimate of drug-likeness (QED) is 0.745. The van der Waals surface area contributed by atoms with Gasteiger partial charge in [0.1, 0.15) is 5.82 Å². The molecule has 32 heavy (non-hydrogen) atoms. The highest BCUT2D eigenvalue weighted by Crippen LogP contribution is 2.39. The second kappa shape index (κ2) is 9.10. The first-order valence-corrected chi connectivity index (χ1v) is 11.6. The van der Waals surface area contributed by atoms with E-state index in [9.17, 15) is 9.18 Å². The van der Waals surface area contributed by atoms with Crippen molar-refractivity contribution in [3.05, 3.63) is 59.9 Å². The fourth-order valence-corrected chi connectivity index (χ4v) is 5.04. The number of hydrogen-bond acceptors (Lipinski definition) is 3. The number of carbonyl (C=O) groups is 1. The number of rotatable bonds is 4. The van der Waals surface area contributed by atoms with Crippen molar-refractivity contribution in [2.45, 2.75) is 38.1 Å². The number of nitrogens with one attached hydrogen (secondary N) is 1. The highest BCUT2D eigenvalue weighted by Gasteiger charge is 2.39. The molecule has 0 bridgehead atoms. The lowest BCUT2D eigenvalue weighted by Crippen LogP contribution is -2.50. The predicted molar refractivity (Wildman–Crippen MR) is 129 cm³/mol. The van der Waals surface area contributed by atoms with Gasteiger partial charge in [-0.3, -0.25) is 0 Å². The smallest absolute Gasteiger partial charge is 0.321 e. The topological polar surface area (TPSA) is 38.8 Å². The van der Waals surface area contributed by atoms with Crippen LogP contribution >= 0.6 is 0 Å². The number of carbonyl (C=O) groups excluding carboxylic acids is 1. The number of likely N-dealkylation sites (N-methyl/N-ethyl adjacent to an activating group) is 1. The van der Waals surface area contributed by atoms with E-state index >= 15 is 0 Å². The molecule has 3 atom stereocenters. The van der Waals surface area contributed by atoms with Crippen molar-refractivity contribution in [3.8, 4) is 0 Å². The van der Waals surface area contributed by atoms with Gasteiger partial charge >= 0.3 is 6.03 Å². The van der Waals surface area contributed by atoms with Gasteiger partial charge in [0.25, 0.3) is 0 Å². The molecule has 5 nitrogen and oxygen atoms in total. The monoisotopic (exact) mass is 438 g/mol. The number of urea groups is 1. The summed E-state index contributed by atoms with van der Waals surface area (Å²) in [7, 11) is 4.27. The molecule has 0 saturated carbocycles. The normalized spacial score (nSPS) is 25.9. The van der Waals surface area contributed by atoms with E-state index < -0.39 is 0 Å². The van der Waals surface area contributed by atoms with Crippen molar-refractivity contribution in [2.24, 2.45) is 5.92 Å². The third-order valence-electron chi connectivity index (χ3n) is 7.65. The van der Waals surface area contributed by atoms with Crippen molar-refractivity contribution >= 4 is 17.4 Å². The molecule has 0 aliphatic carbocycles. The summed E-state index contributed by atoms with van der Waals surface area (Å²) in [6.07, 6.45) is 2.03. The standard InChI is InChI=1S/C26H35FN4O/c1-19-17-31(16-14-26(19,2)20-5-7-21(27)8-6-20)25(32)28-22-9-11-23(12-10-22)30-15-13-24(18-30)29(3)4/h5-12,19,24H,13-18H2,1-4H3,(H,28,32). The third kappa shape index (κ3) is 4.60.